The number of aromatic nitrogens is 5. The van der Waals surface area contributed by atoms with Gasteiger partial charge in [0.2, 0.25) is 5.95 Å². The minimum Gasteiger partial charge on any atom is -0.496 e. The summed E-state index contributed by atoms with van der Waals surface area (Å²) >= 11 is 0. The van der Waals surface area contributed by atoms with E-state index in [4.69, 9.17) is 14.5 Å². The van der Waals surface area contributed by atoms with Gasteiger partial charge >= 0.3 is 6.09 Å². The van der Waals surface area contributed by atoms with Crippen LogP contribution in [-0.4, -0.2) is 45.2 Å². The van der Waals surface area contributed by atoms with Crippen molar-refractivity contribution in [3.8, 4) is 11.8 Å². The number of ether oxygens (including phenoxy) is 2. The first-order chi connectivity index (χ1) is 16.0. The SMILES string of the molecule is COC(=O)Nc1nc(NCc2cnoc2C)c2c(cnn2Cc2ccc(C#N)cc2OC)n1. The fraction of sp³-hybridized carbons (Fsp3) is 0.238. The summed E-state index contributed by atoms with van der Waals surface area (Å²) < 4.78 is 16.9. The van der Waals surface area contributed by atoms with Crippen molar-refractivity contribution in [2.45, 2.75) is 20.0 Å². The third kappa shape index (κ3) is 4.52. The van der Waals surface area contributed by atoms with E-state index in [1.807, 2.05) is 13.0 Å². The number of methoxy groups -OCH3 is 2. The van der Waals surface area contributed by atoms with Crippen LogP contribution in [0.2, 0.25) is 0 Å². The number of amides is 1. The number of hydrogen-bond donors (Lipinski definition) is 2. The molecule has 0 fully saturated rings. The third-order valence-electron chi connectivity index (χ3n) is 4.92. The molecule has 3 aromatic heterocycles. The zero-order chi connectivity index (χ0) is 23.4. The highest BCUT2D eigenvalue weighted by Gasteiger charge is 2.17. The standard InChI is InChI=1S/C21H20N8O4/c1-12-15(9-25-33-12)8-23-19-18-16(26-20(27-19)28-21(30)32-3)10-24-29(18)11-14-5-4-13(7-22)6-17(14)31-2/h4-6,9-10H,8,11H2,1-3H3,(H2,23,26,27,28,30). The van der Waals surface area contributed by atoms with Gasteiger partial charge in [-0.3, -0.25) is 10.00 Å². The van der Waals surface area contributed by atoms with Crippen LogP contribution < -0.4 is 15.4 Å². The van der Waals surface area contributed by atoms with Gasteiger partial charge in [-0.25, -0.2) is 9.78 Å². The third-order valence-corrected chi connectivity index (χ3v) is 4.92. The van der Waals surface area contributed by atoms with Gasteiger partial charge in [0.25, 0.3) is 0 Å². The number of carbonyl (C=O) groups is 1. The quantitative estimate of drug-likeness (QED) is 0.431. The molecule has 1 amide bonds. The minimum atomic E-state index is -0.690. The summed E-state index contributed by atoms with van der Waals surface area (Å²) in [6.07, 6.45) is 2.50. The van der Waals surface area contributed by atoms with Crippen molar-refractivity contribution in [2.24, 2.45) is 0 Å². The number of rotatable bonds is 7. The molecule has 33 heavy (non-hydrogen) atoms. The number of carbonyl (C=O) groups excluding carboxylic acids is 1. The summed E-state index contributed by atoms with van der Waals surface area (Å²) in [6.45, 7) is 2.53. The molecule has 12 heteroatoms. The zero-order valence-electron chi connectivity index (χ0n) is 18.1. The molecular weight excluding hydrogens is 428 g/mol. The van der Waals surface area contributed by atoms with Gasteiger partial charge in [-0.2, -0.15) is 15.3 Å². The van der Waals surface area contributed by atoms with E-state index in [9.17, 15) is 4.79 Å². The molecular formula is C21H20N8O4. The van der Waals surface area contributed by atoms with Gasteiger partial charge in [-0.05, 0) is 19.1 Å². The Hall–Kier alpha value is -4.66. The Balaban J connectivity index is 1.74. The van der Waals surface area contributed by atoms with Gasteiger partial charge in [-0.1, -0.05) is 11.2 Å². The number of hydrogen-bond acceptors (Lipinski definition) is 10. The molecule has 0 saturated carbocycles. The molecule has 4 aromatic rings. The summed E-state index contributed by atoms with van der Waals surface area (Å²) in [6, 6.07) is 7.29. The topological polar surface area (TPSA) is 153 Å². The lowest BCUT2D eigenvalue weighted by atomic mass is 10.1. The molecule has 0 radical (unpaired) electrons. The molecule has 0 bridgehead atoms. The first kappa shape index (κ1) is 21.6. The maximum Gasteiger partial charge on any atom is 0.413 e. The second-order valence-corrected chi connectivity index (χ2v) is 6.95. The number of aryl methyl sites for hydroxylation is 1. The largest absolute Gasteiger partial charge is 0.496 e. The smallest absolute Gasteiger partial charge is 0.413 e. The summed E-state index contributed by atoms with van der Waals surface area (Å²) in [4.78, 5) is 20.5. The van der Waals surface area contributed by atoms with Crippen molar-refractivity contribution in [1.82, 2.24) is 24.9 Å². The van der Waals surface area contributed by atoms with E-state index >= 15 is 0 Å². The first-order valence-corrected chi connectivity index (χ1v) is 9.82. The van der Waals surface area contributed by atoms with Crippen LogP contribution in [-0.2, 0) is 17.8 Å². The average Bonchev–Trinajstić information content (AvgIpc) is 3.43. The molecule has 3 heterocycles. The summed E-state index contributed by atoms with van der Waals surface area (Å²) in [7, 11) is 2.80. The number of nitrogens with one attached hydrogen (secondary N) is 2. The van der Waals surface area contributed by atoms with E-state index in [1.165, 1.54) is 7.11 Å². The monoisotopic (exact) mass is 448 g/mol. The van der Waals surface area contributed by atoms with Crippen molar-refractivity contribution >= 4 is 28.9 Å². The Labute approximate surface area is 188 Å². The molecule has 0 unspecified atom stereocenters. The second-order valence-electron chi connectivity index (χ2n) is 6.95. The highest BCUT2D eigenvalue weighted by atomic mass is 16.5. The predicted octanol–water partition coefficient (Wildman–Crippen LogP) is 2.84. The maximum atomic E-state index is 11.7. The van der Waals surface area contributed by atoms with E-state index in [1.54, 1.807) is 36.3 Å². The van der Waals surface area contributed by atoms with Crippen LogP contribution in [0.15, 0.2) is 35.1 Å². The van der Waals surface area contributed by atoms with Gasteiger partial charge in [0, 0.05) is 17.7 Å². The lowest BCUT2D eigenvalue weighted by molar-refractivity contribution is 0.186. The normalized spacial score (nSPS) is 10.6. The van der Waals surface area contributed by atoms with Gasteiger partial charge in [0.05, 0.1) is 44.8 Å². The fourth-order valence-electron chi connectivity index (χ4n) is 3.21. The Morgan fingerprint density at radius 1 is 1.24 bits per heavy atom. The van der Waals surface area contributed by atoms with E-state index in [-0.39, 0.29) is 5.95 Å². The number of fused-ring (bicyclic) bond motifs is 1. The molecule has 0 spiro atoms. The molecule has 0 saturated heterocycles. The van der Waals surface area contributed by atoms with Gasteiger partial charge < -0.3 is 19.3 Å². The van der Waals surface area contributed by atoms with E-state index in [0.29, 0.717) is 47.0 Å². The van der Waals surface area contributed by atoms with Crippen LogP contribution in [0.4, 0.5) is 16.6 Å². The fourth-order valence-corrected chi connectivity index (χ4v) is 3.21. The predicted molar refractivity (Wildman–Crippen MR) is 117 cm³/mol. The van der Waals surface area contributed by atoms with Gasteiger partial charge in [0.1, 0.15) is 22.5 Å². The lowest BCUT2D eigenvalue weighted by Gasteiger charge is -2.13. The van der Waals surface area contributed by atoms with Crippen LogP contribution >= 0.6 is 0 Å². The zero-order valence-corrected chi connectivity index (χ0v) is 18.1. The highest BCUT2D eigenvalue weighted by Crippen LogP contribution is 2.26. The van der Waals surface area contributed by atoms with Crippen LogP contribution in [0, 0.1) is 18.3 Å². The van der Waals surface area contributed by atoms with Gasteiger partial charge in [-0.15, -0.1) is 0 Å². The van der Waals surface area contributed by atoms with Gasteiger partial charge in [0.15, 0.2) is 5.82 Å². The van der Waals surface area contributed by atoms with Crippen molar-refractivity contribution in [3.05, 3.63) is 53.0 Å². The van der Waals surface area contributed by atoms with Crippen molar-refractivity contribution in [1.29, 1.82) is 5.26 Å². The van der Waals surface area contributed by atoms with E-state index in [0.717, 1.165) is 11.1 Å². The first-order valence-electron chi connectivity index (χ1n) is 9.82. The van der Waals surface area contributed by atoms with Crippen LogP contribution in [0.25, 0.3) is 11.0 Å². The van der Waals surface area contributed by atoms with Crippen molar-refractivity contribution in [3.63, 3.8) is 0 Å². The molecule has 1 aromatic carbocycles. The molecule has 168 valence electrons. The highest BCUT2D eigenvalue weighted by molar-refractivity contribution is 5.89. The number of anilines is 2. The molecule has 2 N–H and O–H groups in total. The number of nitrogens with zero attached hydrogens (tertiary/aromatic N) is 6. The molecule has 0 aliphatic heterocycles. The molecule has 0 aliphatic carbocycles. The lowest BCUT2D eigenvalue weighted by Crippen LogP contribution is -2.15. The van der Waals surface area contributed by atoms with Crippen molar-refractivity contribution < 1.29 is 18.8 Å². The molecule has 0 atom stereocenters. The van der Waals surface area contributed by atoms with E-state index in [2.05, 4.69) is 41.7 Å². The molecule has 12 nitrogen and oxygen atoms in total. The Kier molecular flexibility index (Phi) is 6.03. The Bertz CT molecular complexity index is 1350. The van der Waals surface area contributed by atoms with Crippen LogP contribution in [0.1, 0.15) is 22.5 Å². The average molecular weight is 448 g/mol. The van der Waals surface area contributed by atoms with E-state index < -0.39 is 6.09 Å². The molecule has 4 rings (SSSR count). The minimum absolute atomic E-state index is 0.0643. The number of nitriles is 1. The van der Waals surface area contributed by atoms with Crippen LogP contribution in [0.3, 0.4) is 0 Å². The second kappa shape index (κ2) is 9.23. The number of benzene rings is 1. The van der Waals surface area contributed by atoms with Crippen LogP contribution in [0.5, 0.6) is 5.75 Å². The molecule has 0 aliphatic rings. The Morgan fingerprint density at radius 2 is 2.09 bits per heavy atom. The maximum absolute atomic E-state index is 11.7. The van der Waals surface area contributed by atoms with Crippen molar-refractivity contribution in [2.75, 3.05) is 24.9 Å². The summed E-state index contributed by atoms with van der Waals surface area (Å²) in [5.41, 5.74) is 3.29. The Morgan fingerprint density at radius 3 is 2.79 bits per heavy atom. The summed E-state index contributed by atoms with van der Waals surface area (Å²) in [5.74, 6) is 1.75. The summed E-state index contributed by atoms with van der Waals surface area (Å²) in [5, 5.41) is 23.1.